The molecule has 2 aromatic rings. The molecule has 4 N–H and O–H groups in total. The molecule has 0 heterocycles. The van der Waals surface area contributed by atoms with Gasteiger partial charge in [0.25, 0.3) is 0 Å². The summed E-state index contributed by atoms with van der Waals surface area (Å²) in [4.78, 5) is 11.0. The van der Waals surface area contributed by atoms with Gasteiger partial charge in [-0.25, -0.2) is 0 Å². The van der Waals surface area contributed by atoms with Crippen LogP contribution in [0.4, 0.5) is 5.69 Å². The normalized spacial score (nSPS) is 10.1. The van der Waals surface area contributed by atoms with Gasteiger partial charge in [-0.2, -0.15) is 0 Å². The van der Waals surface area contributed by atoms with Crippen molar-refractivity contribution in [2.45, 2.75) is 6.92 Å². The number of anilines is 1. The van der Waals surface area contributed by atoms with Crippen molar-refractivity contribution in [3.8, 4) is 11.5 Å². The van der Waals surface area contributed by atoms with Crippen molar-refractivity contribution < 1.29 is 9.53 Å². The highest BCUT2D eigenvalue weighted by Gasteiger charge is 2.07. The number of hydrogen-bond donors (Lipinski definition) is 2. The van der Waals surface area contributed by atoms with Crippen LogP contribution in [-0.2, 0) is 0 Å². The zero-order chi connectivity index (χ0) is 13.1. The predicted molar refractivity (Wildman–Crippen MR) is 70.6 cm³/mol. The molecular formula is C14H14N2O2. The molecule has 0 saturated carbocycles. The second-order valence-corrected chi connectivity index (χ2v) is 3.98. The van der Waals surface area contributed by atoms with Crippen LogP contribution in [0.2, 0.25) is 0 Å². The lowest BCUT2D eigenvalue weighted by atomic mass is 10.1. The fourth-order valence-corrected chi connectivity index (χ4v) is 1.58. The van der Waals surface area contributed by atoms with Gasteiger partial charge in [0, 0.05) is 5.56 Å². The van der Waals surface area contributed by atoms with E-state index in [1.807, 2.05) is 31.2 Å². The van der Waals surface area contributed by atoms with Crippen molar-refractivity contribution in [3.05, 3.63) is 53.6 Å². The number of rotatable bonds is 3. The van der Waals surface area contributed by atoms with E-state index in [1.54, 1.807) is 12.1 Å². The van der Waals surface area contributed by atoms with Gasteiger partial charge in [0.05, 0.1) is 5.69 Å². The van der Waals surface area contributed by atoms with Crippen LogP contribution in [-0.4, -0.2) is 5.91 Å². The van der Waals surface area contributed by atoms with Gasteiger partial charge in [-0.15, -0.1) is 0 Å². The SMILES string of the molecule is Cc1ccccc1Oc1ccc(C(N)=O)cc1N. The molecule has 0 aromatic heterocycles. The lowest BCUT2D eigenvalue weighted by Gasteiger charge is -2.11. The first kappa shape index (κ1) is 12.0. The summed E-state index contributed by atoms with van der Waals surface area (Å²) in [5.74, 6) is 0.731. The van der Waals surface area contributed by atoms with E-state index >= 15 is 0 Å². The number of amides is 1. The largest absolute Gasteiger partial charge is 0.455 e. The molecule has 2 aromatic carbocycles. The Morgan fingerprint density at radius 1 is 1.11 bits per heavy atom. The molecule has 4 heteroatoms. The molecule has 18 heavy (non-hydrogen) atoms. The maximum Gasteiger partial charge on any atom is 0.248 e. The van der Waals surface area contributed by atoms with Crippen LogP contribution in [0.5, 0.6) is 11.5 Å². The summed E-state index contributed by atoms with van der Waals surface area (Å²) >= 11 is 0. The maximum absolute atomic E-state index is 11.0. The predicted octanol–water partition coefficient (Wildman–Crippen LogP) is 2.47. The molecule has 0 saturated heterocycles. The van der Waals surface area contributed by atoms with Crippen molar-refractivity contribution in [2.24, 2.45) is 5.73 Å². The van der Waals surface area contributed by atoms with Crippen molar-refractivity contribution in [3.63, 3.8) is 0 Å². The van der Waals surface area contributed by atoms with Crippen LogP contribution in [0.1, 0.15) is 15.9 Å². The molecule has 0 bridgehead atoms. The Morgan fingerprint density at radius 2 is 1.83 bits per heavy atom. The second-order valence-electron chi connectivity index (χ2n) is 3.98. The van der Waals surface area contributed by atoms with Crippen LogP contribution in [0, 0.1) is 6.92 Å². The summed E-state index contributed by atoms with van der Waals surface area (Å²) in [6.45, 7) is 1.95. The van der Waals surface area contributed by atoms with E-state index in [0.29, 0.717) is 17.0 Å². The Balaban J connectivity index is 2.30. The van der Waals surface area contributed by atoms with Crippen molar-refractivity contribution in [1.82, 2.24) is 0 Å². The molecule has 0 fully saturated rings. The van der Waals surface area contributed by atoms with Crippen LogP contribution in [0.25, 0.3) is 0 Å². The summed E-state index contributed by atoms with van der Waals surface area (Å²) in [6.07, 6.45) is 0. The van der Waals surface area contributed by atoms with Gasteiger partial charge in [-0.3, -0.25) is 4.79 Å². The Hall–Kier alpha value is -2.49. The number of para-hydroxylation sites is 1. The van der Waals surface area contributed by atoms with Gasteiger partial charge < -0.3 is 16.2 Å². The molecule has 92 valence electrons. The minimum Gasteiger partial charge on any atom is -0.455 e. The zero-order valence-corrected chi connectivity index (χ0v) is 10.0. The fraction of sp³-hybridized carbons (Fsp3) is 0.0714. The minimum atomic E-state index is -0.510. The van der Waals surface area contributed by atoms with Crippen molar-refractivity contribution in [1.29, 1.82) is 0 Å². The molecule has 1 amide bonds. The van der Waals surface area contributed by atoms with Crippen LogP contribution in [0.3, 0.4) is 0 Å². The van der Waals surface area contributed by atoms with E-state index in [0.717, 1.165) is 11.3 Å². The molecule has 0 aliphatic rings. The topological polar surface area (TPSA) is 78.3 Å². The van der Waals surface area contributed by atoms with Crippen LogP contribution >= 0.6 is 0 Å². The van der Waals surface area contributed by atoms with Crippen LogP contribution in [0.15, 0.2) is 42.5 Å². The lowest BCUT2D eigenvalue weighted by Crippen LogP contribution is -2.11. The smallest absolute Gasteiger partial charge is 0.248 e. The van der Waals surface area contributed by atoms with Gasteiger partial charge in [0.15, 0.2) is 0 Å². The van der Waals surface area contributed by atoms with E-state index < -0.39 is 5.91 Å². The molecule has 2 rings (SSSR count). The number of nitrogens with two attached hydrogens (primary N) is 2. The molecule has 0 aliphatic carbocycles. The number of carbonyl (C=O) groups excluding carboxylic acids is 1. The number of primary amides is 1. The van der Waals surface area contributed by atoms with Crippen molar-refractivity contribution in [2.75, 3.05) is 5.73 Å². The average molecular weight is 242 g/mol. The average Bonchev–Trinajstić information content (AvgIpc) is 2.34. The van der Waals surface area contributed by atoms with E-state index in [2.05, 4.69) is 0 Å². The van der Waals surface area contributed by atoms with E-state index in [1.165, 1.54) is 6.07 Å². The first-order valence-electron chi connectivity index (χ1n) is 5.51. The summed E-state index contributed by atoms with van der Waals surface area (Å²) < 4.78 is 5.70. The zero-order valence-electron chi connectivity index (χ0n) is 10.0. The van der Waals surface area contributed by atoms with Crippen LogP contribution < -0.4 is 16.2 Å². The first-order chi connectivity index (χ1) is 8.58. The Kier molecular flexibility index (Phi) is 3.19. The first-order valence-corrected chi connectivity index (χ1v) is 5.51. The fourth-order valence-electron chi connectivity index (χ4n) is 1.58. The summed E-state index contributed by atoms with van der Waals surface area (Å²) in [5.41, 5.74) is 12.8. The molecule has 0 spiro atoms. The third kappa shape index (κ3) is 2.43. The Morgan fingerprint density at radius 3 is 2.44 bits per heavy atom. The highest BCUT2D eigenvalue weighted by Crippen LogP contribution is 2.29. The molecular weight excluding hydrogens is 228 g/mol. The summed E-state index contributed by atoms with van der Waals surface area (Å²) in [7, 11) is 0. The van der Waals surface area contributed by atoms with Gasteiger partial charge >= 0.3 is 0 Å². The van der Waals surface area contributed by atoms with E-state index in [-0.39, 0.29) is 0 Å². The standard InChI is InChI=1S/C14H14N2O2/c1-9-4-2-3-5-12(9)18-13-7-6-10(14(16)17)8-11(13)15/h2-8H,15H2,1H3,(H2,16,17). The summed E-state index contributed by atoms with van der Waals surface area (Å²) in [5, 5.41) is 0. The van der Waals surface area contributed by atoms with Gasteiger partial charge in [0.2, 0.25) is 5.91 Å². The van der Waals surface area contributed by atoms with Gasteiger partial charge in [0.1, 0.15) is 11.5 Å². The number of ether oxygens (including phenoxy) is 1. The molecule has 4 nitrogen and oxygen atoms in total. The molecule has 0 aliphatic heterocycles. The number of hydrogen-bond acceptors (Lipinski definition) is 3. The molecule has 0 unspecified atom stereocenters. The third-order valence-corrected chi connectivity index (χ3v) is 2.61. The molecule has 0 atom stereocenters. The van der Waals surface area contributed by atoms with Gasteiger partial charge in [-0.05, 0) is 36.8 Å². The third-order valence-electron chi connectivity index (χ3n) is 2.61. The van der Waals surface area contributed by atoms with Gasteiger partial charge in [-0.1, -0.05) is 18.2 Å². The highest BCUT2D eigenvalue weighted by atomic mass is 16.5. The number of aryl methyl sites for hydroxylation is 1. The number of benzene rings is 2. The second kappa shape index (κ2) is 4.79. The van der Waals surface area contributed by atoms with Crippen molar-refractivity contribution >= 4 is 11.6 Å². The molecule has 0 radical (unpaired) electrons. The number of nitrogen functional groups attached to an aromatic ring is 1. The summed E-state index contributed by atoms with van der Waals surface area (Å²) in [6, 6.07) is 12.4. The quantitative estimate of drug-likeness (QED) is 0.811. The Labute approximate surface area is 105 Å². The van der Waals surface area contributed by atoms with E-state index in [4.69, 9.17) is 16.2 Å². The maximum atomic E-state index is 11.0. The van der Waals surface area contributed by atoms with E-state index in [9.17, 15) is 4.79 Å². The Bertz CT molecular complexity index is 594. The monoisotopic (exact) mass is 242 g/mol. The lowest BCUT2D eigenvalue weighted by molar-refractivity contribution is 0.100. The minimum absolute atomic E-state index is 0.365. The number of carbonyl (C=O) groups is 1. The highest BCUT2D eigenvalue weighted by molar-refractivity contribution is 5.94.